The van der Waals surface area contributed by atoms with Gasteiger partial charge < -0.3 is 9.64 Å². The highest BCUT2D eigenvalue weighted by Gasteiger charge is 2.16. The van der Waals surface area contributed by atoms with Gasteiger partial charge in [-0.2, -0.15) is 15.0 Å². The smallest absolute Gasteiger partial charge is 0.323 e. The second-order valence-corrected chi connectivity index (χ2v) is 5.46. The Kier molecular flexibility index (Phi) is 5.34. The van der Waals surface area contributed by atoms with E-state index in [4.69, 9.17) is 10.6 Å². The molecule has 7 heteroatoms. The molecule has 0 amide bonds. The van der Waals surface area contributed by atoms with Crippen molar-refractivity contribution in [2.75, 3.05) is 30.0 Å². The average Bonchev–Trinajstić information content (AvgIpc) is 2.47. The molecule has 2 rings (SSSR count). The van der Waals surface area contributed by atoms with E-state index in [2.05, 4.69) is 39.1 Å². The number of hydrogen-bond acceptors (Lipinski definition) is 7. The van der Waals surface area contributed by atoms with Crippen molar-refractivity contribution in [1.82, 2.24) is 15.0 Å². The quantitative estimate of drug-likeness (QED) is 0.604. The highest BCUT2D eigenvalue weighted by atomic mass is 16.5. The van der Waals surface area contributed by atoms with E-state index in [9.17, 15) is 0 Å². The van der Waals surface area contributed by atoms with Gasteiger partial charge in [0.05, 0.1) is 6.61 Å². The van der Waals surface area contributed by atoms with Crippen molar-refractivity contribution in [3.8, 4) is 6.01 Å². The summed E-state index contributed by atoms with van der Waals surface area (Å²) in [5, 5.41) is 0. The van der Waals surface area contributed by atoms with E-state index in [1.54, 1.807) is 0 Å². The zero-order valence-corrected chi connectivity index (χ0v) is 12.3. The third kappa shape index (κ3) is 4.19. The molecular weight excluding hydrogens is 256 g/mol. The number of hydrazine groups is 1. The number of nitrogens with one attached hydrogen (secondary N) is 1. The minimum atomic E-state index is 0.342. The summed E-state index contributed by atoms with van der Waals surface area (Å²) in [7, 11) is 0. The van der Waals surface area contributed by atoms with Gasteiger partial charge in [0.25, 0.3) is 0 Å². The second kappa shape index (κ2) is 7.23. The molecule has 0 aromatic carbocycles. The van der Waals surface area contributed by atoms with E-state index < -0.39 is 0 Å². The van der Waals surface area contributed by atoms with Crippen LogP contribution < -0.4 is 20.9 Å². The molecule has 0 unspecified atom stereocenters. The van der Waals surface area contributed by atoms with Gasteiger partial charge in [-0.25, -0.2) is 5.84 Å². The standard InChI is InChI=1S/C13H24N6O/c1-10(2)6-9-20-13-16-11(18-14)15-12(17-13)19-7-4-3-5-8-19/h10H,3-9,14H2,1-2H3,(H,15,16,17,18). The average molecular weight is 280 g/mol. The summed E-state index contributed by atoms with van der Waals surface area (Å²) in [4.78, 5) is 15.0. The molecule has 0 spiro atoms. The molecule has 1 aromatic heterocycles. The molecule has 1 aromatic rings. The van der Waals surface area contributed by atoms with E-state index in [1.165, 1.54) is 19.3 Å². The first-order chi connectivity index (χ1) is 9.69. The van der Waals surface area contributed by atoms with Crippen LogP contribution in [0.2, 0.25) is 0 Å². The largest absolute Gasteiger partial charge is 0.463 e. The van der Waals surface area contributed by atoms with Crippen molar-refractivity contribution in [2.24, 2.45) is 11.8 Å². The van der Waals surface area contributed by atoms with Crippen LogP contribution in [0.25, 0.3) is 0 Å². The minimum absolute atomic E-state index is 0.342. The summed E-state index contributed by atoms with van der Waals surface area (Å²) >= 11 is 0. The third-order valence-corrected chi connectivity index (χ3v) is 3.30. The van der Waals surface area contributed by atoms with Crippen LogP contribution in [0.3, 0.4) is 0 Å². The van der Waals surface area contributed by atoms with Gasteiger partial charge in [-0.15, -0.1) is 0 Å². The number of hydrogen-bond donors (Lipinski definition) is 2. The lowest BCUT2D eigenvalue weighted by Gasteiger charge is -2.26. The molecule has 0 atom stereocenters. The summed E-state index contributed by atoms with van der Waals surface area (Å²) in [5.74, 6) is 7.00. The SMILES string of the molecule is CC(C)CCOc1nc(NN)nc(N2CCCCC2)n1. The summed E-state index contributed by atoms with van der Waals surface area (Å²) in [6, 6.07) is 0.342. The Morgan fingerprint density at radius 1 is 1.20 bits per heavy atom. The Bertz CT molecular complexity index is 419. The van der Waals surface area contributed by atoms with Crippen LogP contribution in [0, 0.1) is 5.92 Å². The zero-order chi connectivity index (χ0) is 14.4. The van der Waals surface area contributed by atoms with E-state index in [0.29, 0.717) is 30.4 Å². The van der Waals surface area contributed by atoms with Gasteiger partial charge in [-0.3, -0.25) is 5.43 Å². The first-order valence-electron chi connectivity index (χ1n) is 7.29. The third-order valence-electron chi connectivity index (χ3n) is 3.30. The van der Waals surface area contributed by atoms with E-state index in [1.807, 2.05) is 0 Å². The van der Waals surface area contributed by atoms with Crippen LogP contribution in [0.4, 0.5) is 11.9 Å². The molecule has 112 valence electrons. The van der Waals surface area contributed by atoms with Gasteiger partial charge in [0.1, 0.15) is 0 Å². The summed E-state index contributed by atoms with van der Waals surface area (Å²) in [6.45, 7) is 6.86. The van der Waals surface area contributed by atoms with Gasteiger partial charge >= 0.3 is 6.01 Å². The molecule has 0 saturated carbocycles. The van der Waals surface area contributed by atoms with Gasteiger partial charge in [0.2, 0.25) is 11.9 Å². The Labute approximate surface area is 119 Å². The first kappa shape index (κ1) is 14.8. The summed E-state index contributed by atoms with van der Waals surface area (Å²) < 4.78 is 5.61. The fourth-order valence-electron chi connectivity index (χ4n) is 2.10. The maximum absolute atomic E-state index is 5.61. The number of nitrogens with zero attached hydrogens (tertiary/aromatic N) is 4. The van der Waals surface area contributed by atoms with Gasteiger partial charge in [-0.1, -0.05) is 13.8 Å². The molecule has 1 fully saturated rings. The molecule has 1 aliphatic rings. The summed E-state index contributed by atoms with van der Waals surface area (Å²) in [5.41, 5.74) is 2.48. The van der Waals surface area contributed by atoms with Crippen LogP contribution in [-0.2, 0) is 0 Å². The van der Waals surface area contributed by atoms with Crippen molar-refractivity contribution in [2.45, 2.75) is 39.5 Å². The van der Waals surface area contributed by atoms with Crippen molar-refractivity contribution >= 4 is 11.9 Å². The topological polar surface area (TPSA) is 89.2 Å². The number of piperidine rings is 1. The Balaban J connectivity index is 2.06. The molecule has 2 heterocycles. The van der Waals surface area contributed by atoms with E-state index >= 15 is 0 Å². The molecule has 0 aliphatic carbocycles. The van der Waals surface area contributed by atoms with Crippen molar-refractivity contribution in [3.63, 3.8) is 0 Å². The molecule has 0 bridgehead atoms. The second-order valence-electron chi connectivity index (χ2n) is 5.46. The Morgan fingerprint density at radius 2 is 1.95 bits per heavy atom. The molecule has 1 saturated heterocycles. The zero-order valence-electron chi connectivity index (χ0n) is 12.3. The molecular formula is C13H24N6O. The molecule has 1 aliphatic heterocycles. The normalized spacial score (nSPS) is 15.5. The monoisotopic (exact) mass is 280 g/mol. The molecule has 3 N–H and O–H groups in total. The molecule has 20 heavy (non-hydrogen) atoms. The maximum atomic E-state index is 5.61. The van der Waals surface area contributed by atoms with Crippen LogP contribution in [0.1, 0.15) is 39.5 Å². The van der Waals surface area contributed by atoms with Crippen molar-refractivity contribution < 1.29 is 4.74 Å². The fraction of sp³-hybridized carbons (Fsp3) is 0.769. The maximum Gasteiger partial charge on any atom is 0.323 e. The number of ether oxygens (including phenoxy) is 1. The van der Waals surface area contributed by atoms with Crippen LogP contribution in [0.5, 0.6) is 6.01 Å². The van der Waals surface area contributed by atoms with E-state index in [-0.39, 0.29) is 0 Å². The van der Waals surface area contributed by atoms with Crippen LogP contribution in [-0.4, -0.2) is 34.6 Å². The fourth-order valence-corrected chi connectivity index (χ4v) is 2.10. The van der Waals surface area contributed by atoms with Crippen molar-refractivity contribution in [3.05, 3.63) is 0 Å². The number of nitrogens with two attached hydrogens (primary N) is 1. The van der Waals surface area contributed by atoms with Gasteiger partial charge in [-0.05, 0) is 31.6 Å². The number of anilines is 2. The van der Waals surface area contributed by atoms with Gasteiger partial charge in [0, 0.05) is 13.1 Å². The molecule has 0 radical (unpaired) electrons. The minimum Gasteiger partial charge on any atom is -0.463 e. The van der Waals surface area contributed by atoms with Crippen molar-refractivity contribution in [1.29, 1.82) is 0 Å². The first-order valence-corrected chi connectivity index (χ1v) is 7.29. The van der Waals surface area contributed by atoms with E-state index in [0.717, 1.165) is 19.5 Å². The molecule has 7 nitrogen and oxygen atoms in total. The predicted molar refractivity (Wildman–Crippen MR) is 78.7 cm³/mol. The van der Waals surface area contributed by atoms with Crippen LogP contribution >= 0.6 is 0 Å². The lowest BCUT2D eigenvalue weighted by atomic mass is 10.1. The predicted octanol–water partition coefficient (Wildman–Crippen LogP) is 1.57. The van der Waals surface area contributed by atoms with Crippen LogP contribution in [0.15, 0.2) is 0 Å². The summed E-state index contributed by atoms with van der Waals surface area (Å²) in [6.07, 6.45) is 4.57. The van der Waals surface area contributed by atoms with Gasteiger partial charge in [0.15, 0.2) is 0 Å². The number of rotatable bonds is 6. The lowest BCUT2D eigenvalue weighted by molar-refractivity contribution is 0.268. The number of aromatic nitrogens is 3. The number of nitrogen functional groups attached to an aromatic ring is 1. The Morgan fingerprint density at radius 3 is 2.60 bits per heavy atom. The lowest BCUT2D eigenvalue weighted by Crippen LogP contribution is -2.31. The highest BCUT2D eigenvalue weighted by molar-refractivity contribution is 5.37. The highest BCUT2D eigenvalue weighted by Crippen LogP contribution is 2.19. The Hall–Kier alpha value is -1.63.